The van der Waals surface area contributed by atoms with Gasteiger partial charge in [-0.2, -0.15) is 10.1 Å². The van der Waals surface area contributed by atoms with Gasteiger partial charge in [0.1, 0.15) is 0 Å². The Balaban J connectivity index is 1.36. The first kappa shape index (κ1) is 16.3. The Labute approximate surface area is 160 Å². The van der Waals surface area contributed by atoms with Crippen LogP contribution >= 0.6 is 0 Å². The highest BCUT2D eigenvalue weighted by Crippen LogP contribution is 2.66. The molecule has 0 spiro atoms. The van der Waals surface area contributed by atoms with Crippen molar-refractivity contribution in [3.05, 3.63) is 71.8 Å². The molecule has 27 heavy (non-hydrogen) atoms. The van der Waals surface area contributed by atoms with E-state index < -0.39 is 0 Å². The molecule has 2 saturated heterocycles. The number of hydroxylamine groups is 4. The standard InChI is InChI=1S/C23H26N2O2/c1-24-20(14-9-5-3-6-10-14)18-16-13-17(22(18)26-24)19-21(25(2)27-23(16)19)15-11-7-4-8-12-15/h3-12,16-23H,13H2,1-2H3/t16-,17+,18-,19-,20-,21+,22-,23+/m0/s1. The van der Waals surface area contributed by atoms with Gasteiger partial charge in [0.05, 0.1) is 24.3 Å². The molecule has 4 nitrogen and oxygen atoms in total. The molecule has 4 heteroatoms. The van der Waals surface area contributed by atoms with Crippen LogP contribution in [0, 0.1) is 23.7 Å². The largest absolute Gasteiger partial charge is 0.295 e. The summed E-state index contributed by atoms with van der Waals surface area (Å²) in [7, 11) is 4.21. The van der Waals surface area contributed by atoms with Gasteiger partial charge in [0.15, 0.2) is 0 Å². The summed E-state index contributed by atoms with van der Waals surface area (Å²) in [5.74, 6) is 2.17. The van der Waals surface area contributed by atoms with E-state index in [1.54, 1.807) is 0 Å². The Bertz CT molecular complexity index is 759. The molecular formula is C23H26N2O2. The molecule has 0 N–H and O–H groups in total. The summed E-state index contributed by atoms with van der Waals surface area (Å²) in [6.07, 6.45) is 1.86. The first-order valence-corrected chi connectivity index (χ1v) is 10.1. The summed E-state index contributed by atoms with van der Waals surface area (Å²) >= 11 is 0. The molecule has 140 valence electrons. The molecule has 8 atom stereocenters. The van der Waals surface area contributed by atoms with E-state index in [2.05, 4.69) is 84.9 Å². The maximum atomic E-state index is 6.47. The molecule has 2 bridgehead atoms. The lowest BCUT2D eigenvalue weighted by Gasteiger charge is -2.34. The van der Waals surface area contributed by atoms with Gasteiger partial charge in [-0.25, -0.2) is 0 Å². The SMILES string of the molecule is CN1O[C@@H]2[C@H]3C[C@@H]([C@@H]4ON(C)[C@@H](c5ccccc5)[C@H]34)[C@H]2[C@H]1c1ccccc1. The highest BCUT2D eigenvalue weighted by molar-refractivity contribution is 5.28. The van der Waals surface area contributed by atoms with Crippen molar-refractivity contribution >= 4 is 0 Å². The third kappa shape index (κ3) is 2.18. The molecule has 2 saturated carbocycles. The lowest BCUT2D eigenvalue weighted by atomic mass is 9.71. The smallest absolute Gasteiger partial charge is 0.0876 e. The predicted octanol–water partition coefficient (Wildman–Crippen LogP) is 3.84. The summed E-state index contributed by atoms with van der Waals surface area (Å²) in [6, 6.07) is 22.4. The predicted molar refractivity (Wildman–Crippen MR) is 102 cm³/mol. The zero-order chi connectivity index (χ0) is 18.1. The molecule has 2 aromatic carbocycles. The van der Waals surface area contributed by atoms with Crippen molar-refractivity contribution in [2.75, 3.05) is 14.1 Å². The minimum Gasteiger partial charge on any atom is -0.295 e. The molecule has 2 aliphatic heterocycles. The van der Waals surface area contributed by atoms with E-state index in [0.717, 1.165) is 0 Å². The van der Waals surface area contributed by atoms with Crippen molar-refractivity contribution in [2.45, 2.75) is 30.7 Å². The maximum absolute atomic E-state index is 6.47. The number of hydrogen-bond donors (Lipinski definition) is 0. The van der Waals surface area contributed by atoms with Gasteiger partial charge < -0.3 is 0 Å². The molecule has 2 heterocycles. The Morgan fingerprint density at radius 2 is 1.07 bits per heavy atom. The minimum absolute atomic E-state index is 0.313. The topological polar surface area (TPSA) is 24.9 Å². The van der Waals surface area contributed by atoms with E-state index >= 15 is 0 Å². The zero-order valence-electron chi connectivity index (χ0n) is 15.8. The first-order valence-electron chi connectivity index (χ1n) is 10.1. The molecule has 4 fully saturated rings. The summed E-state index contributed by atoms with van der Waals surface area (Å²) in [5.41, 5.74) is 2.73. The molecule has 6 rings (SSSR count). The fourth-order valence-corrected chi connectivity index (χ4v) is 6.68. The van der Waals surface area contributed by atoms with Gasteiger partial charge in [-0.15, -0.1) is 0 Å². The van der Waals surface area contributed by atoms with Gasteiger partial charge in [0, 0.05) is 25.9 Å². The van der Waals surface area contributed by atoms with Gasteiger partial charge in [-0.3, -0.25) is 9.68 Å². The molecule has 2 aliphatic carbocycles. The second-order valence-electron chi connectivity index (χ2n) is 8.66. The first-order chi connectivity index (χ1) is 13.2. The fourth-order valence-electron chi connectivity index (χ4n) is 6.68. The number of rotatable bonds is 2. The average Bonchev–Trinajstić information content (AvgIpc) is 3.40. The second-order valence-corrected chi connectivity index (χ2v) is 8.66. The van der Waals surface area contributed by atoms with E-state index in [4.69, 9.17) is 9.68 Å². The van der Waals surface area contributed by atoms with E-state index in [1.807, 2.05) is 0 Å². The van der Waals surface area contributed by atoms with Crippen molar-refractivity contribution in [3.63, 3.8) is 0 Å². The van der Waals surface area contributed by atoms with E-state index in [9.17, 15) is 0 Å². The van der Waals surface area contributed by atoms with Crippen LogP contribution in [0.15, 0.2) is 60.7 Å². The van der Waals surface area contributed by atoms with Crippen molar-refractivity contribution in [2.24, 2.45) is 23.7 Å². The summed E-state index contributed by atoms with van der Waals surface area (Å²) in [5, 5.41) is 4.23. The third-order valence-corrected chi connectivity index (χ3v) is 7.51. The van der Waals surface area contributed by atoms with Crippen LogP contribution in [-0.2, 0) is 9.68 Å². The summed E-state index contributed by atoms with van der Waals surface area (Å²) in [4.78, 5) is 12.9. The Hall–Kier alpha value is -1.72. The van der Waals surface area contributed by atoms with Crippen LogP contribution in [-0.4, -0.2) is 36.4 Å². The summed E-state index contributed by atoms with van der Waals surface area (Å²) < 4.78 is 0. The maximum Gasteiger partial charge on any atom is 0.0876 e. The van der Waals surface area contributed by atoms with E-state index in [0.29, 0.717) is 48.0 Å². The van der Waals surface area contributed by atoms with Crippen molar-refractivity contribution in [1.82, 2.24) is 10.1 Å². The van der Waals surface area contributed by atoms with E-state index in [-0.39, 0.29) is 0 Å². The lowest BCUT2D eigenvalue weighted by molar-refractivity contribution is -0.165. The number of benzene rings is 2. The van der Waals surface area contributed by atoms with Gasteiger partial charge in [0.2, 0.25) is 0 Å². The van der Waals surface area contributed by atoms with Gasteiger partial charge in [-0.1, -0.05) is 60.7 Å². The van der Waals surface area contributed by atoms with Crippen LogP contribution < -0.4 is 0 Å². The van der Waals surface area contributed by atoms with Crippen molar-refractivity contribution in [1.29, 1.82) is 0 Å². The van der Waals surface area contributed by atoms with Crippen LogP contribution in [0.1, 0.15) is 29.6 Å². The van der Waals surface area contributed by atoms with Gasteiger partial charge >= 0.3 is 0 Å². The second kappa shape index (κ2) is 5.89. The normalized spacial score (nSPS) is 43.2. The molecule has 0 aromatic heterocycles. The van der Waals surface area contributed by atoms with Crippen molar-refractivity contribution < 1.29 is 9.68 Å². The van der Waals surface area contributed by atoms with Crippen molar-refractivity contribution in [3.8, 4) is 0 Å². The molecular weight excluding hydrogens is 336 g/mol. The van der Waals surface area contributed by atoms with Crippen LogP contribution in [0.4, 0.5) is 0 Å². The molecule has 2 aromatic rings. The monoisotopic (exact) mass is 362 g/mol. The van der Waals surface area contributed by atoms with E-state index in [1.165, 1.54) is 17.5 Å². The highest BCUT2D eigenvalue weighted by Gasteiger charge is 2.69. The van der Waals surface area contributed by atoms with Crippen LogP contribution in [0.25, 0.3) is 0 Å². The molecule has 0 amide bonds. The number of fused-ring (bicyclic) bond motifs is 8. The number of hydrogen-bond acceptors (Lipinski definition) is 4. The Kier molecular flexibility index (Phi) is 3.54. The Morgan fingerprint density at radius 1 is 0.667 bits per heavy atom. The quantitative estimate of drug-likeness (QED) is 0.810. The van der Waals surface area contributed by atoms with Crippen LogP contribution in [0.3, 0.4) is 0 Å². The number of nitrogens with zero attached hydrogens (tertiary/aromatic N) is 2. The lowest BCUT2D eigenvalue weighted by Crippen LogP contribution is -2.40. The van der Waals surface area contributed by atoms with Crippen LogP contribution in [0.5, 0.6) is 0 Å². The fraction of sp³-hybridized carbons (Fsp3) is 0.478. The third-order valence-electron chi connectivity index (χ3n) is 7.51. The Morgan fingerprint density at radius 3 is 1.48 bits per heavy atom. The van der Waals surface area contributed by atoms with Gasteiger partial charge in [-0.05, 0) is 29.4 Å². The molecule has 0 unspecified atom stereocenters. The minimum atomic E-state index is 0.313. The average molecular weight is 362 g/mol. The summed E-state index contributed by atoms with van der Waals surface area (Å²) in [6.45, 7) is 0. The van der Waals surface area contributed by atoms with Gasteiger partial charge in [0.25, 0.3) is 0 Å². The van der Waals surface area contributed by atoms with Crippen LogP contribution in [0.2, 0.25) is 0 Å². The molecule has 4 aliphatic rings. The zero-order valence-corrected chi connectivity index (χ0v) is 15.8. The highest BCUT2D eigenvalue weighted by atomic mass is 16.7. The molecule has 0 radical (unpaired) electrons.